The van der Waals surface area contributed by atoms with Crippen LogP contribution in [0.5, 0.6) is 0 Å². The molecule has 2 N–H and O–H groups in total. The lowest BCUT2D eigenvalue weighted by Gasteiger charge is -2.34. The number of piperazine rings is 1. The van der Waals surface area contributed by atoms with E-state index < -0.39 is 0 Å². The monoisotopic (exact) mass is 349 g/mol. The van der Waals surface area contributed by atoms with E-state index in [1.54, 1.807) is 4.90 Å². The number of aliphatic hydroxyl groups is 2. The van der Waals surface area contributed by atoms with Gasteiger partial charge in [-0.2, -0.15) is 4.98 Å². The molecule has 1 aliphatic carbocycles. The van der Waals surface area contributed by atoms with Gasteiger partial charge in [0.2, 0.25) is 12.4 Å². The van der Waals surface area contributed by atoms with Gasteiger partial charge in [0.05, 0.1) is 18.9 Å². The van der Waals surface area contributed by atoms with E-state index in [2.05, 4.69) is 4.90 Å². The van der Waals surface area contributed by atoms with Crippen LogP contribution >= 0.6 is 0 Å². The van der Waals surface area contributed by atoms with Crippen LogP contribution in [-0.4, -0.2) is 84.0 Å². The van der Waals surface area contributed by atoms with Crippen molar-refractivity contribution in [1.29, 1.82) is 0 Å². The number of amides is 1. The number of aromatic nitrogens is 2. The van der Waals surface area contributed by atoms with Crippen LogP contribution < -0.4 is 9.80 Å². The number of carbonyl (C=O) groups is 1. The van der Waals surface area contributed by atoms with Crippen molar-refractivity contribution in [2.75, 3.05) is 62.3 Å². The van der Waals surface area contributed by atoms with Crippen molar-refractivity contribution in [2.24, 2.45) is 0 Å². The predicted octanol–water partition coefficient (Wildman–Crippen LogP) is -0.575. The van der Waals surface area contributed by atoms with Gasteiger partial charge in [0.25, 0.3) is 0 Å². The molecule has 1 amide bonds. The fourth-order valence-corrected chi connectivity index (χ4v) is 3.56. The minimum atomic E-state index is 0.0200. The zero-order chi connectivity index (χ0) is 17.6. The van der Waals surface area contributed by atoms with E-state index in [4.69, 9.17) is 9.97 Å². The molecule has 0 atom stereocenters. The molecule has 0 aromatic carbocycles. The quantitative estimate of drug-likeness (QED) is 0.637. The summed E-state index contributed by atoms with van der Waals surface area (Å²) in [6, 6.07) is 0. The molecular formula is C17H27N5O3. The highest BCUT2D eigenvalue weighted by atomic mass is 16.3. The molecule has 0 saturated carbocycles. The van der Waals surface area contributed by atoms with Gasteiger partial charge < -0.3 is 24.9 Å². The SMILES string of the molecule is O=CN1CCN(c2nc3c(c(N(CCO)CCO)n2)CCCC3)CC1. The lowest BCUT2D eigenvalue weighted by molar-refractivity contribution is -0.118. The van der Waals surface area contributed by atoms with Gasteiger partial charge in [0, 0.05) is 44.8 Å². The topological polar surface area (TPSA) is 93.0 Å². The molecule has 1 aromatic heterocycles. The van der Waals surface area contributed by atoms with Crippen molar-refractivity contribution in [3.05, 3.63) is 11.3 Å². The first-order valence-electron chi connectivity index (χ1n) is 9.07. The van der Waals surface area contributed by atoms with Crippen LogP contribution in [-0.2, 0) is 17.6 Å². The van der Waals surface area contributed by atoms with Gasteiger partial charge in [-0.05, 0) is 25.7 Å². The van der Waals surface area contributed by atoms with Gasteiger partial charge in [0.1, 0.15) is 5.82 Å². The molecular weight excluding hydrogens is 322 g/mol. The highest BCUT2D eigenvalue weighted by molar-refractivity contribution is 5.55. The first-order valence-corrected chi connectivity index (χ1v) is 9.07. The Morgan fingerprint density at radius 3 is 2.32 bits per heavy atom. The summed E-state index contributed by atoms with van der Waals surface area (Å²) in [5.41, 5.74) is 2.24. The molecule has 2 aliphatic rings. The Morgan fingerprint density at radius 1 is 1.00 bits per heavy atom. The lowest BCUT2D eigenvalue weighted by Crippen LogP contribution is -2.46. The number of hydrogen-bond acceptors (Lipinski definition) is 7. The molecule has 1 aliphatic heterocycles. The van der Waals surface area contributed by atoms with Crippen molar-refractivity contribution in [3.8, 4) is 0 Å². The van der Waals surface area contributed by atoms with E-state index in [0.717, 1.165) is 62.3 Å². The average Bonchev–Trinajstić information content (AvgIpc) is 2.67. The second kappa shape index (κ2) is 8.44. The van der Waals surface area contributed by atoms with Crippen LogP contribution in [0.15, 0.2) is 0 Å². The summed E-state index contributed by atoms with van der Waals surface area (Å²) in [7, 11) is 0. The van der Waals surface area contributed by atoms with Crippen LogP contribution in [0.4, 0.5) is 11.8 Å². The maximum Gasteiger partial charge on any atom is 0.227 e. The Labute approximate surface area is 148 Å². The van der Waals surface area contributed by atoms with Gasteiger partial charge in [-0.15, -0.1) is 0 Å². The van der Waals surface area contributed by atoms with Crippen molar-refractivity contribution in [3.63, 3.8) is 0 Å². The Kier molecular flexibility index (Phi) is 6.04. The third-order valence-electron chi connectivity index (χ3n) is 4.94. The third kappa shape index (κ3) is 4.01. The lowest BCUT2D eigenvalue weighted by atomic mass is 9.96. The molecule has 2 heterocycles. The number of carbonyl (C=O) groups excluding carboxylic acids is 1. The van der Waals surface area contributed by atoms with Crippen LogP contribution in [0.3, 0.4) is 0 Å². The van der Waals surface area contributed by atoms with Crippen molar-refractivity contribution in [2.45, 2.75) is 25.7 Å². The zero-order valence-corrected chi connectivity index (χ0v) is 14.6. The fourth-order valence-electron chi connectivity index (χ4n) is 3.56. The Bertz CT molecular complexity index is 584. The first kappa shape index (κ1) is 17.9. The molecule has 3 rings (SSSR count). The molecule has 25 heavy (non-hydrogen) atoms. The van der Waals surface area contributed by atoms with E-state index in [-0.39, 0.29) is 13.2 Å². The number of rotatable bonds is 7. The van der Waals surface area contributed by atoms with Crippen molar-refractivity contribution < 1.29 is 15.0 Å². The summed E-state index contributed by atoms with van der Waals surface area (Å²) < 4.78 is 0. The fraction of sp³-hybridized carbons (Fsp3) is 0.706. The molecule has 0 unspecified atom stereocenters. The highest BCUT2D eigenvalue weighted by Crippen LogP contribution is 2.30. The summed E-state index contributed by atoms with van der Waals surface area (Å²) in [6.07, 6.45) is 5.02. The largest absolute Gasteiger partial charge is 0.395 e. The number of hydrogen-bond donors (Lipinski definition) is 2. The van der Waals surface area contributed by atoms with Crippen LogP contribution in [0.2, 0.25) is 0 Å². The van der Waals surface area contributed by atoms with E-state index in [1.807, 2.05) is 4.90 Å². The summed E-state index contributed by atoms with van der Waals surface area (Å²) in [5, 5.41) is 18.8. The minimum absolute atomic E-state index is 0.0200. The van der Waals surface area contributed by atoms with Crippen molar-refractivity contribution >= 4 is 18.2 Å². The summed E-state index contributed by atoms with van der Waals surface area (Å²) in [5.74, 6) is 1.54. The molecule has 0 spiro atoms. The number of fused-ring (bicyclic) bond motifs is 1. The number of aliphatic hydroxyl groups excluding tert-OH is 2. The molecule has 0 radical (unpaired) electrons. The smallest absolute Gasteiger partial charge is 0.227 e. The molecule has 8 nitrogen and oxygen atoms in total. The van der Waals surface area contributed by atoms with E-state index in [9.17, 15) is 15.0 Å². The third-order valence-corrected chi connectivity index (χ3v) is 4.94. The number of aryl methyl sites for hydroxylation is 1. The van der Waals surface area contributed by atoms with E-state index in [0.29, 0.717) is 32.1 Å². The summed E-state index contributed by atoms with van der Waals surface area (Å²) >= 11 is 0. The average molecular weight is 349 g/mol. The second-order valence-corrected chi connectivity index (χ2v) is 6.54. The molecule has 8 heteroatoms. The van der Waals surface area contributed by atoms with E-state index >= 15 is 0 Å². The minimum Gasteiger partial charge on any atom is -0.395 e. The number of anilines is 2. The molecule has 1 fully saturated rings. The number of nitrogens with zero attached hydrogens (tertiary/aromatic N) is 5. The predicted molar refractivity (Wildman–Crippen MR) is 94.9 cm³/mol. The van der Waals surface area contributed by atoms with Gasteiger partial charge in [-0.25, -0.2) is 4.98 Å². The molecule has 0 bridgehead atoms. The normalized spacial score (nSPS) is 17.4. The van der Waals surface area contributed by atoms with Gasteiger partial charge in [0.15, 0.2) is 0 Å². The van der Waals surface area contributed by atoms with Crippen LogP contribution in [0, 0.1) is 0 Å². The highest BCUT2D eigenvalue weighted by Gasteiger charge is 2.25. The Morgan fingerprint density at radius 2 is 1.68 bits per heavy atom. The molecule has 1 aromatic rings. The van der Waals surface area contributed by atoms with Gasteiger partial charge >= 0.3 is 0 Å². The second-order valence-electron chi connectivity index (χ2n) is 6.54. The molecule has 1 saturated heterocycles. The summed E-state index contributed by atoms with van der Waals surface area (Å²) in [4.78, 5) is 26.4. The van der Waals surface area contributed by atoms with Gasteiger partial charge in [-0.3, -0.25) is 4.79 Å². The Balaban J connectivity index is 1.91. The van der Waals surface area contributed by atoms with Crippen LogP contribution in [0.25, 0.3) is 0 Å². The van der Waals surface area contributed by atoms with Crippen LogP contribution in [0.1, 0.15) is 24.1 Å². The summed E-state index contributed by atoms with van der Waals surface area (Å²) in [6.45, 7) is 3.73. The first-order chi connectivity index (χ1) is 12.3. The maximum atomic E-state index is 10.9. The maximum absolute atomic E-state index is 10.9. The molecule has 138 valence electrons. The van der Waals surface area contributed by atoms with E-state index in [1.165, 1.54) is 0 Å². The Hall–Kier alpha value is -1.93. The standard InChI is InChI=1S/C17H27N5O3/c23-11-9-21(10-12-24)16-14-3-1-2-4-15(14)18-17(19-16)22-7-5-20(13-25)6-8-22/h13,23-24H,1-12H2. The van der Waals surface area contributed by atoms with Crippen molar-refractivity contribution in [1.82, 2.24) is 14.9 Å². The van der Waals surface area contributed by atoms with Gasteiger partial charge in [-0.1, -0.05) is 0 Å². The zero-order valence-electron chi connectivity index (χ0n) is 14.6.